The lowest BCUT2D eigenvalue weighted by Crippen LogP contribution is -2.44. The van der Waals surface area contributed by atoms with E-state index in [0.717, 1.165) is 19.5 Å². The highest BCUT2D eigenvalue weighted by atomic mass is 16.5. The number of carboxylic acid groups (broad SMARTS) is 1. The summed E-state index contributed by atoms with van der Waals surface area (Å²) in [5.74, 6) is -0.628. The second-order valence-electron chi connectivity index (χ2n) is 5.40. The Morgan fingerprint density at radius 3 is 2.60 bits per heavy atom. The molecule has 1 heterocycles. The van der Waals surface area contributed by atoms with Gasteiger partial charge < -0.3 is 25.4 Å². The number of aliphatic carboxylic acids is 1. The Labute approximate surface area is 119 Å². The van der Waals surface area contributed by atoms with Gasteiger partial charge in [-0.3, -0.25) is 0 Å². The van der Waals surface area contributed by atoms with Crippen molar-refractivity contribution in [3.8, 4) is 0 Å². The molecular weight excluding hydrogens is 262 g/mol. The molecular formula is C13H25N3O4. The quantitative estimate of drug-likeness (QED) is 0.618. The maximum Gasteiger partial charge on any atom is 0.334 e. The molecule has 2 atom stereocenters. The van der Waals surface area contributed by atoms with E-state index < -0.39 is 12.1 Å². The summed E-state index contributed by atoms with van der Waals surface area (Å²) in [6.07, 6.45) is 0.0672. The first-order valence-electron chi connectivity index (χ1n) is 6.95. The molecule has 7 heteroatoms. The van der Waals surface area contributed by atoms with Crippen LogP contribution in [0.25, 0.3) is 0 Å². The molecule has 1 saturated heterocycles. The SMILES string of the molecule is COC(CNC(=O)NCC1CCN(C(C)C)C1)C(=O)O. The highest BCUT2D eigenvalue weighted by Crippen LogP contribution is 2.17. The third kappa shape index (κ3) is 5.34. The van der Waals surface area contributed by atoms with Crippen LogP contribution in [0.15, 0.2) is 0 Å². The molecule has 20 heavy (non-hydrogen) atoms. The second-order valence-corrected chi connectivity index (χ2v) is 5.40. The lowest BCUT2D eigenvalue weighted by molar-refractivity contribution is -0.147. The Hall–Kier alpha value is -1.34. The van der Waals surface area contributed by atoms with Crippen LogP contribution < -0.4 is 10.6 Å². The Morgan fingerprint density at radius 2 is 2.10 bits per heavy atom. The first kappa shape index (κ1) is 16.7. The van der Waals surface area contributed by atoms with Crippen molar-refractivity contribution in [2.24, 2.45) is 5.92 Å². The third-order valence-corrected chi connectivity index (χ3v) is 3.61. The molecule has 1 aliphatic rings. The number of nitrogens with zero attached hydrogens (tertiary/aromatic N) is 1. The minimum Gasteiger partial charge on any atom is -0.479 e. The van der Waals surface area contributed by atoms with Gasteiger partial charge in [0.05, 0.1) is 6.54 Å². The van der Waals surface area contributed by atoms with Crippen molar-refractivity contribution in [3.05, 3.63) is 0 Å². The van der Waals surface area contributed by atoms with Gasteiger partial charge in [-0.05, 0) is 32.7 Å². The van der Waals surface area contributed by atoms with Crippen LogP contribution in [0.5, 0.6) is 0 Å². The second kappa shape index (κ2) is 8.06. The van der Waals surface area contributed by atoms with Crippen molar-refractivity contribution in [1.29, 1.82) is 0 Å². The van der Waals surface area contributed by atoms with Crippen molar-refractivity contribution in [2.75, 3.05) is 33.3 Å². The smallest absolute Gasteiger partial charge is 0.334 e. The van der Waals surface area contributed by atoms with E-state index in [1.807, 2.05) is 0 Å². The van der Waals surface area contributed by atoms with Crippen LogP contribution in [0, 0.1) is 5.92 Å². The number of ether oxygens (including phenoxy) is 1. The van der Waals surface area contributed by atoms with E-state index >= 15 is 0 Å². The summed E-state index contributed by atoms with van der Waals surface area (Å²) in [6.45, 7) is 6.96. The van der Waals surface area contributed by atoms with Gasteiger partial charge in [-0.15, -0.1) is 0 Å². The van der Waals surface area contributed by atoms with Gasteiger partial charge in [-0.2, -0.15) is 0 Å². The molecule has 0 bridgehead atoms. The van der Waals surface area contributed by atoms with Crippen LogP contribution in [-0.2, 0) is 9.53 Å². The topological polar surface area (TPSA) is 90.9 Å². The van der Waals surface area contributed by atoms with Gasteiger partial charge in [0.1, 0.15) is 0 Å². The number of carboxylic acids is 1. The summed E-state index contributed by atoms with van der Waals surface area (Å²) in [5, 5.41) is 14.0. The zero-order valence-corrected chi connectivity index (χ0v) is 12.4. The van der Waals surface area contributed by atoms with Crippen molar-refractivity contribution >= 4 is 12.0 Å². The lowest BCUT2D eigenvalue weighted by Gasteiger charge is -2.20. The molecule has 0 aromatic heterocycles. The van der Waals surface area contributed by atoms with Crippen molar-refractivity contribution in [3.63, 3.8) is 0 Å². The van der Waals surface area contributed by atoms with Gasteiger partial charge in [0.2, 0.25) is 0 Å². The number of likely N-dealkylation sites (tertiary alicyclic amines) is 1. The summed E-state index contributed by atoms with van der Waals surface area (Å²) >= 11 is 0. The molecule has 0 aliphatic carbocycles. The van der Waals surface area contributed by atoms with E-state index in [1.54, 1.807) is 0 Å². The summed E-state index contributed by atoms with van der Waals surface area (Å²) in [7, 11) is 1.30. The summed E-state index contributed by atoms with van der Waals surface area (Å²) in [5.41, 5.74) is 0. The number of hydrogen-bond donors (Lipinski definition) is 3. The normalized spacial score (nSPS) is 20.9. The minimum atomic E-state index is -1.09. The molecule has 3 N–H and O–H groups in total. The molecule has 116 valence electrons. The van der Waals surface area contributed by atoms with Gasteiger partial charge in [0.15, 0.2) is 6.10 Å². The Morgan fingerprint density at radius 1 is 1.40 bits per heavy atom. The van der Waals surface area contributed by atoms with Crippen molar-refractivity contribution in [2.45, 2.75) is 32.4 Å². The summed E-state index contributed by atoms with van der Waals surface area (Å²) in [4.78, 5) is 24.7. The van der Waals surface area contributed by atoms with Crippen LogP contribution in [0.2, 0.25) is 0 Å². The molecule has 0 spiro atoms. The van der Waals surface area contributed by atoms with Crippen LogP contribution in [0.1, 0.15) is 20.3 Å². The number of nitrogens with one attached hydrogen (secondary N) is 2. The van der Waals surface area contributed by atoms with Gasteiger partial charge in [0, 0.05) is 26.2 Å². The molecule has 0 saturated carbocycles. The van der Waals surface area contributed by atoms with E-state index in [-0.39, 0.29) is 12.6 Å². The number of hydrogen-bond acceptors (Lipinski definition) is 4. The van der Waals surface area contributed by atoms with E-state index in [2.05, 4.69) is 29.4 Å². The first-order chi connectivity index (χ1) is 9.43. The maximum atomic E-state index is 11.6. The van der Waals surface area contributed by atoms with Crippen LogP contribution in [-0.4, -0.2) is 67.4 Å². The number of rotatable bonds is 7. The fourth-order valence-electron chi connectivity index (χ4n) is 2.25. The Kier molecular flexibility index (Phi) is 6.74. The summed E-state index contributed by atoms with van der Waals surface area (Å²) < 4.78 is 4.73. The molecule has 1 fully saturated rings. The highest BCUT2D eigenvalue weighted by Gasteiger charge is 2.24. The van der Waals surface area contributed by atoms with Crippen molar-refractivity contribution < 1.29 is 19.4 Å². The van der Waals surface area contributed by atoms with Crippen LogP contribution >= 0.6 is 0 Å². The predicted octanol–water partition coefficient (Wildman–Crippen LogP) is 0.116. The van der Waals surface area contributed by atoms with Crippen LogP contribution in [0.4, 0.5) is 4.79 Å². The van der Waals surface area contributed by atoms with Gasteiger partial charge in [-0.25, -0.2) is 9.59 Å². The standard InChI is InChI=1S/C13H25N3O4/c1-9(2)16-5-4-10(8-16)6-14-13(19)15-7-11(20-3)12(17)18/h9-11H,4-8H2,1-3H3,(H,17,18)(H2,14,15,19). The van der Waals surface area contributed by atoms with E-state index in [9.17, 15) is 9.59 Å². The van der Waals surface area contributed by atoms with E-state index in [1.165, 1.54) is 7.11 Å². The van der Waals surface area contributed by atoms with Gasteiger partial charge in [0.25, 0.3) is 0 Å². The monoisotopic (exact) mass is 287 g/mol. The number of carbonyl (C=O) groups excluding carboxylic acids is 1. The van der Waals surface area contributed by atoms with Gasteiger partial charge >= 0.3 is 12.0 Å². The molecule has 1 rings (SSSR count). The number of urea groups is 1. The molecule has 0 aromatic carbocycles. The zero-order valence-electron chi connectivity index (χ0n) is 12.4. The Balaban J connectivity index is 2.19. The van der Waals surface area contributed by atoms with E-state index in [0.29, 0.717) is 18.5 Å². The number of carbonyl (C=O) groups is 2. The predicted molar refractivity (Wildman–Crippen MR) is 74.7 cm³/mol. The lowest BCUT2D eigenvalue weighted by atomic mass is 10.1. The third-order valence-electron chi connectivity index (χ3n) is 3.61. The Bertz CT molecular complexity index is 336. The molecule has 1 aliphatic heterocycles. The average Bonchev–Trinajstić information content (AvgIpc) is 2.85. The first-order valence-corrected chi connectivity index (χ1v) is 6.95. The molecule has 2 unspecified atom stereocenters. The average molecular weight is 287 g/mol. The van der Waals surface area contributed by atoms with Crippen LogP contribution in [0.3, 0.4) is 0 Å². The van der Waals surface area contributed by atoms with Crippen molar-refractivity contribution in [1.82, 2.24) is 15.5 Å². The summed E-state index contributed by atoms with van der Waals surface area (Å²) in [6, 6.07) is 0.183. The molecule has 7 nitrogen and oxygen atoms in total. The van der Waals surface area contributed by atoms with Gasteiger partial charge in [-0.1, -0.05) is 0 Å². The number of amides is 2. The largest absolute Gasteiger partial charge is 0.479 e. The fourth-order valence-corrected chi connectivity index (χ4v) is 2.25. The fraction of sp³-hybridized carbons (Fsp3) is 0.846. The maximum absolute atomic E-state index is 11.6. The molecule has 2 amide bonds. The molecule has 0 aromatic rings. The van der Waals surface area contributed by atoms with E-state index in [4.69, 9.17) is 9.84 Å². The number of methoxy groups -OCH3 is 1. The zero-order chi connectivity index (χ0) is 15.1. The highest BCUT2D eigenvalue weighted by molar-refractivity contribution is 5.76. The molecule has 0 radical (unpaired) electrons. The minimum absolute atomic E-state index is 0.0412.